The van der Waals surface area contributed by atoms with Crippen molar-refractivity contribution in [1.82, 2.24) is 9.21 Å². The summed E-state index contributed by atoms with van der Waals surface area (Å²) in [5.41, 5.74) is 0.588. The second-order valence-electron chi connectivity index (χ2n) is 5.42. The van der Waals surface area contributed by atoms with Crippen LogP contribution in [-0.2, 0) is 10.0 Å². The number of halogens is 1. The van der Waals surface area contributed by atoms with Gasteiger partial charge in [-0.3, -0.25) is 4.90 Å². The van der Waals surface area contributed by atoms with Crippen LogP contribution in [0.15, 0.2) is 23.1 Å². The average molecular weight is 333 g/mol. The molecular formula is C14H21ClN2O3S. The lowest BCUT2D eigenvalue weighted by molar-refractivity contribution is 0.103. The zero-order valence-corrected chi connectivity index (χ0v) is 13.9. The highest BCUT2D eigenvalue weighted by Gasteiger charge is 2.30. The molecule has 0 radical (unpaired) electrons. The second-order valence-corrected chi connectivity index (χ2v) is 7.73. The third-order valence-electron chi connectivity index (χ3n) is 3.69. The van der Waals surface area contributed by atoms with Gasteiger partial charge in [0.2, 0.25) is 10.0 Å². The van der Waals surface area contributed by atoms with E-state index in [-0.39, 0.29) is 4.90 Å². The van der Waals surface area contributed by atoms with Crippen LogP contribution in [0.25, 0.3) is 0 Å². The zero-order chi connectivity index (χ0) is 15.6. The first-order valence-electron chi connectivity index (χ1n) is 6.98. The van der Waals surface area contributed by atoms with Crippen molar-refractivity contribution in [2.45, 2.75) is 24.8 Å². The minimum absolute atomic E-state index is 0.277. The van der Waals surface area contributed by atoms with Crippen LogP contribution in [0.5, 0.6) is 0 Å². The predicted octanol–water partition coefficient (Wildman–Crippen LogP) is 1.34. The molecule has 7 heteroatoms. The molecule has 0 unspecified atom stereocenters. The Balaban J connectivity index is 2.13. The van der Waals surface area contributed by atoms with E-state index in [2.05, 4.69) is 4.90 Å². The second kappa shape index (κ2) is 6.62. The number of benzene rings is 1. The van der Waals surface area contributed by atoms with Gasteiger partial charge in [-0.25, -0.2) is 8.42 Å². The molecule has 0 bridgehead atoms. The van der Waals surface area contributed by atoms with E-state index >= 15 is 0 Å². The van der Waals surface area contributed by atoms with Gasteiger partial charge in [0, 0.05) is 37.7 Å². The van der Waals surface area contributed by atoms with Crippen molar-refractivity contribution < 1.29 is 13.5 Å². The first kappa shape index (κ1) is 16.7. The fourth-order valence-electron chi connectivity index (χ4n) is 2.53. The lowest BCUT2D eigenvalue weighted by atomic mass is 10.2. The van der Waals surface area contributed by atoms with Crippen LogP contribution in [0, 0.1) is 6.92 Å². The van der Waals surface area contributed by atoms with Crippen molar-refractivity contribution in [3.05, 3.63) is 28.8 Å². The zero-order valence-electron chi connectivity index (χ0n) is 12.3. The van der Waals surface area contributed by atoms with Gasteiger partial charge in [-0.1, -0.05) is 17.7 Å². The predicted molar refractivity (Wildman–Crippen MR) is 83.1 cm³/mol. The van der Waals surface area contributed by atoms with Crippen molar-refractivity contribution in [1.29, 1.82) is 0 Å². The molecule has 21 heavy (non-hydrogen) atoms. The van der Waals surface area contributed by atoms with Crippen molar-refractivity contribution in [2.24, 2.45) is 0 Å². The van der Waals surface area contributed by atoms with Gasteiger partial charge < -0.3 is 5.11 Å². The number of hydrogen-bond acceptors (Lipinski definition) is 4. The van der Waals surface area contributed by atoms with E-state index in [1.807, 2.05) is 0 Å². The van der Waals surface area contributed by atoms with Crippen LogP contribution >= 0.6 is 11.6 Å². The lowest BCUT2D eigenvalue weighted by Gasteiger charge is -2.34. The molecule has 1 aromatic carbocycles. The minimum Gasteiger partial charge on any atom is -0.392 e. The molecule has 5 nitrogen and oxygen atoms in total. The Hall–Kier alpha value is -0.660. The highest BCUT2D eigenvalue weighted by molar-refractivity contribution is 7.89. The molecule has 1 N–H and O–H groups in total. The Kier molecular flexibility index (Phi) is 5.27. The number of nitrogens with zero attached hydrogens (tertiary/aromatic N) is 2. The Bertz CT molecular complexity index is 596. The van der Waals surface area contributed by atoms with Crippen molar-refractivity contribution in [2.75, 3.05) is 32.7 Å². The highest BCUT2D eigenvalue weighted by atomic mass is 35.5. The van der Waals surface area contributed by atoms with Crippen LogP contribution in [0.1, 0.15) is 12.5 Å². The van der Waals surface area contributed by atoms with E-state index in [0.717, 1.165) is 0 Å². The SMILES string of the molecule is Cc1c(Cl)cccc1S(=O)(=O)N1CCN(C[C@H](C)O)CC1. The van der Waals surface area contributed by atoms with Gasteiger partial charge in [-0.15, -0.1) is 0 Å². The van der Waals surface area contributed by atoms with Crippen LogP contribution in [0.3, 0.4) is 0 Å². The fraction of sp³-hybridized carbons (Fsp3) is 0.571. The summed E-state index contributed by atoms with van der Waals surface area (Å²) in [5, 5.41) is 9.85. The molecule has 0 aromatic heterocycles. The lowest BCUT2D eigenvalue weighted by Crippen LogP contribution is -2.50. The Labute approximate surface area is 131 Å². The molecule has 0 aliphatic carbocycles. The number of aliphatic hydroxyl groups is 1. The quantitative estimate of drug-likeness (QED) is 0.903. The normalized spacial score (nSPS) is 19.6. The van der Waals surface area contributed by atoms with E-state index in [9.17, 15) is 13.5 Å². The maximum absolute atomic E-state index is 12.7. The largest absolute Gasteiger partial charge is 0.392 e. The van der Waals surface area contributed by atoms with Crippen LogP contribution < -0.4 is 0 Å². The Morgan fingerprint density at radius 1 is 1.29 bits per heavy atom. The molecule has 2 rings (SSSR count). The van der Waals surface area contributed by atoms with Gasteiger partial charge >= 0.3 is 0 Å². The summed E-state index contributed by atoms with van der Waals surface area (Å²) >= 11 is 6.02. The van der Waals surface area contributed by atoms with Gasteiger partial charge in [0.15, 0.2) is 0 Å². The number of rotatable bonds is 4. The van der Waals surface area contributed by atoms with Crippen LogP contribution in [0.4, 0.5) is 0 Å². The maximum Gasteiger partial charge on any atom is 0.243 e. The standard InChI is InChI=1S/C14H21ClN2O3S/c1-11(18)10-16-6-8-17(9-7-16)21(19,20)14-5-3-4-13(15)12(14)2/h3-5,11,18H,6-10H2,1-2H3/t11-/m0/s1. The van der Waals surface area contributed by atoms with Gasteiger partial charge in [0.05, 0.1) is 11.0 Å². The summed E-state index contributed by atoms with van der Waals surface area (Å²) in [5.74, 6) is 0. The summed E-state index contributed by atoms with van der Waals surface area (Å²) < 4.78 is 26.9. The van der Waals surface area contributed by atoms with E-state index in [1.165, 1.54) is 4.31 Å². The van der Waals surface area contributed by atoms with E-state index in [0.29, 0.717) is 43.3 Å². The van der Waals surface area contributed by atoms with Gasteiger partial charge in [0.1, 0.15) is 0 Å². The molecule has 0 amide bonds. The van der Waals surface area contributed by atoms with Gasteiger partial charge in [-0.05, 0) is 31.5 Å². The molecule has 1 saturated heterocycles. The van der Waals surface area contributed by atoms with Crippen LogP contribution in [0.2, 0.25) is 5.02 Å². The molecule has 0 saturated carbocycles. The van der Waals surface area contributed by atoms with E-state index in [1.54, 1.807) is 32.0 Å². The molecule has 1 aromatic rings. The summed E-state index contributed by atoms with van der Waals surface area (Å²) in [6.45, 7) is 6.15. The molecule has 1 atom stereocenters. The molecular weight excluding hydrogens is 312 g/mol. The smallest absolute Gasteiger partial charge is 0.243 e. The number of hydrogen-bond donors (Lipinski definition) is 1. The summed E-state index contributed by atoms with van der Waals surface area (Å²) in [6.07, 6.45) is -0.400. The molecule has 1 heterocycles. The third-order valence-corrected chi connectivity index (χ3v) is 6.14. The average Bonchev–Trinajstić information content (AvgIpc) is 2.41. The van der Waals surface area contributed by atoms with Crippen LogP contribution in [-0.4, -0.2) is 61.6 Å². The van der Waals surface area contributed by atoms with Gasteiger partial charge in [-0.2, -0.15) is 4.31 Å². The Morgan fingerprint density at radius 3 is 2.48 bits per heavy atom. The van der Waals surface area contributed by atoms with Crippen molar-refractivity contribution in [3.8, 4) is 0 Å². The first-order chi connectivity index (χ1) is 9.82. The van der Waals surface area contributed by atoms with Crippen molar-refractivity contribution in [3.63, 3.8) is 0 Å². The number of sulfonamides is 1. The van der Waals surface area contributed by atoms with E-state index < -0.39 is 16.1 Å². The molecule has 1 aliphatic heterocycles. The minimum atomic E-state index is -3.51. The maximum atomic E-state index is 12.7. The molecule has 1 aliphatic rings. The molecule has 0 spiro atoms. The fourth-order valence-corrected chi connectivity index (χ4v) is 4.43. The number of aliphatic hydroxyl groups excluding tert-OH is 1. The number of β-amino-alcohol motifs (C(OH)–C–C–N with tert-alkyl or cyclic N) is 1. The molecule has 118 valence electrons. The highest BCUT2D eigenvalue weighted by Crippen LogP contribution is 2.26. The van der Waals surface area contributed by atoms with Gasteiger partial charge in [0.25, 0.3) is 0 Å². The summed E-state index contributed by atoms with van der Waals surface area (Å²) in [6, 6.07) is 4.95. The summed E-state index contributed by atoms with van der Waals surface area (Å²) in [7, 11) is -3.51. The topological polar surface area (TPSA) is 60.9 Å². The third kappa shape index (κ3) is 3.76. The number of piperazine rings is 1. The van der Waals surface area contributed by atoms with Crippen molar-refractivity contribution >= 4 is 21.6 Å². The monoisotopic (exact) mass is 332 g/mol. The Morgan fingerprint density at radius 2 is 1.90 bits per heavy atom. The van der Waals surface area contributed by atoms with E-state index in [4.69, 9.17) is 11.6 Å². The molecule has 1 fully saturated rings. The summed E-state index contributed by atoms with van der Waals surface area (Å²) in [4.78, 5) is 2.35. The first-order valence-corrected chi connectivity index (χ1v) is 8.80.